The molecule has 0 aliphatic rings. The summed E-state index contributed by atoms with van der Waals surface area (Å²) in [6, 6.07) is 13.4. The monoisotopic (exact) mass is 271 g/mol. The highest BCUT2D eigenvalue weighted by molar-refractivity contribution is 6.30. The molecule has 4 heteroatoms. The summed E-state index contributed by atoms with van der Waals surface area (Å²) in [5, 5.41) is 28.5. The lowest BCUT2D eigenvalue weighted by Gasteiger charge is -2.03. The topological polar surface area (TPSA) is 64.2 Å². The number of halogens is 1. The average molecular weight is 272 g/mol. The molecule has 0 fully saturated rings. The number of hydrogen-bond donors (Lipinski definition) is 2. The normalized spacial score (nSPS) is 11.1. The Hall–Kier alpha value is -2.44. The Morgan fingerprint density at radius 1 is 1.11 bits per heavy atom. The molecule has 0 bridgehead atoms. The number of phenols is 2. The van der Waals surface area contributed by atoms with Crippen molar-refractivity contribution in [3.8, 4) is 17.6 Å². The van der Waals surface area contributed by atoms with E-state index >= 15 is 0 Å². The molecule has 19 heavy (non-hydrogen) atoms. The van der Waals surface area contributed by atoms with Crippen molar-refractivity contribution in [2.75, 3.05) is 0 Å². The maximum atomic E-state index is 9.45. The number of rotatable bonds is 2. The third-order valence-electron chi connectivity index (χ3n) is 2.57. The fraction of sp³-hybridized carbons (Fsp3) is 0. The van der Waals surface area contributed by atoms with Crippen LogP contribution in [0.5, 0.6) is 11.5 Å². The standard InChI is InChI=1S/C15H10ClNO2/c16-13-3-1-2-10(7-13)6-12(9-17)11-4-5-14(18)15(19)8-11/h1-8,18-19H/b12-6+. The predicted octanol–water partition coefficient (Wildman–Crippen LogP) is 3.82. The van der Waals surface area contributed by atoms with E-state index in [4.69, 9.17) is 11.6 Å². The minimum absolute atomic E-state index is 0.219. The van der Waals surface area contributed by atoms with Gasteiger partial charge in [0, 0.05) is 5.02 Å². The van der Waals surface area contributed by atoms with Gasteiger partial charge in [-0.15, -0.1) is 0 Å². The SMILES string of the molecule is N#C/C(=C\c1cccc(Cl)c1)c1ccc(O)c(O)c1. The molecule has 0 aromatic heterocycles. The van der Waals surface area contributed by atoms with E-state index in [2.05, 4.69) is 6.07 Å². The molecule has 0 unspecified atom stereocenters. The van der Waals surface area contributed by atoms with E-state index in [9.17, 15) is 15.5 Å². The number of phenolic OH excluding ortho intramolecular Hbond substituents is 2. The lowest BCUT2D eigenvalue weighted by molar-refractivity contribution is 0.403. The summed E-state index contributed by atoms with van der Waals surface area (Å²) in [5.74, 6) is -0.478. The van der Waals surface area contributed by atoms with Crippen molar-refractivity contribution < 1.29 is 10.2 Å². The van der Waals surface area contributed by atoms with Crippen molar-refractivity contribution in [3.63, 3.8) is 0 Å². The van der Waals surface area contributed by atoms with Gasteiger partial charge in [-0.05, 0) is 47.5 Å². The van der Waals surface area contributed by atoms with Crippen molar-refractivity contribution >= 4 is 23.3 Å². The van der Waals surface area contributed by atoms with E-state index in [1.807, 2.05) is 6.07 Å². The van der Waals surface area contributed by atoms with Gasteiger partial charge < -0.3 is 10.2 Å². The Kier molecular flexibility index (Phi) is 3.74. The Balaban J connectivity index is 2.45. The lowest BCUT2D eigenvalue weighted by atomic mass is 10.0. The summed E-state index contributed by atoms with van der Waals surface area (Å²) in [7, 11) is 0. The molecular weight excluding hydrogens is 262 g/mol. The Morgan fingerprint density at radius 3 is 2.53 bits per heavy atom. The number of benzene rings is 2. The Bertz CT molecular complexity index is 687. The van der Waals surface area contributed by atoms with E-state index in [0.717, 1.165) is 5.56 Å². The zero-order valence-corrected chi connectivity index (χ0v) is 10.6. The maximum absolute atomic E-state index is 9.45. The zero-order valence-electron chi connectivity index (χ0n) is 9.84. The van der Waals surface area contributed by atoms with Gasteiger partial charge in [-0.1, -0.05) is 23.7 Å². The van der Waals surface area contributed by atoms with Crippen molar-refractivity contribution in [1.29, 1.82) is 5.26 Å². The van der Waals surface area contributed by atoms with Crippen molar-refractivity contribution in [3.05, 3.63) is 58.6 Å². The molecule has 3 nitrogen and oxygen atoms in total. The average Bonchev–Trinajstić information content (AvgIpc) is 2.39. The Morgan fingerprint density at radius 2 is 1.89 bits per heavy atom. The van der Waals surface area contributed by atoms with Crippen molar-refractivity contribution in [2.45, 2.75) is 0 Å². The third kappa shape index (κ3) is 3.06. The van der Waals surface area contributed by atoms with Gasteiger partial charge in [0.2, 0.25) is 0 Å². The molecule has 0 saturated heterocycles. The summed E-state index contributed by atoms with van der Waals surface area (Å²) < 4.78 is 0. The number of hydrogen-bond acceptors (Lipinski definition) is 3. The van der Waals surface area contributed by atoms with Crippen molar-refractivity contribution in [2.24, 2.45) is 0 Å². The molecule has 0 atom stereocenters. The van der Waals surface area contributed by atoms with Gasteiger partial charge in [-0.3, -0.25) is 0 Å². The first kappa shape index (κ1) is 13.0. The smallest absolute Gasteiger partial charge is 0.158 e. The first-order valence-electron chi connectivity index (χ1n) is 5.50. The van der Waals surface area contributed by atoms with Crippen LogP contribution in [0.15, 0.2) is 42.5 Å². The van der Waals surface area contributed by atoms with Crippen LogP contribution < -0.4 is 0 Å². The van der Waals surface area contributed by atoms with Gasteiger partial charge >= 0.3 is 0 Å². The van der Waals surface area contributed by atoms with Crippen LogP contribution in [0.1, 0.15) is 11.1 Å². The van der Waals surface area contributed by atoms with Crippen LogP contribution in [-0.4, -0.2) is 10.2 Å². The summed E-state index contributed by atoms with van der Waals surface area (Å²) in [6.07, 6.45) is 1.66. The van der Waals surface area contributed by atoms with E-state index in [1.54, 1.807) is 30.3 Å². The molecule has 2 N–H and O–H groups in total. The van der Waals surface area contributed by atoms with Gasteiger partial charge in [-0.2, -0.15) is 5.26 Å². The second-order valence-electron chi connectivity index (χ2n) is 3.93. The summed E-state index contributed by atoms with van der Waals surface area (Å²) >= 11 is 5.88. The molecule has 0 heterocycles. The van der Waals surface area contributed by atoms with E-state index in [-0.39, 0.29) is 11.5 Å². The van der Waals surface area contributed by atoms with Crippen LogP contribution in [0, 0.1) is 11.3 Å². The zero-order chi connectivity index (χ0) is 13.8. The quantitative estimate of drug-likeness (QED) is 0.496. The largest absolute Gasteiger partial charge is 0.504 e. The van der Waals surface area contributed by atoms with Crippen LogP contribution >= 0.6 is 11.6 Å². The highest BCUT2D eigenvalue weighted by Gasteiger charge is 2.05. The highest BCUT2D eigenvalue weighted by atomic mass is 35.5. The minimum atomic E-state index is -0.259. The molecular formula is C15H10ClNO2. The molecule has 0 saturated carbocycles. The Labute approximate surface area is 115 Å². The fourth-order valence-corrected chi connectivity index (χ4v) is 1.83. The molecule has 0 aliphatic carbocycles. The highest BCUT2D eigenvalue weighted by Crippen LogP contribution is 2.29. The van der Waals surface area contributed by atoms with Crippen LogP contribution in [-0.2, 0) is 0 Å². The minimum Gasteiger partial charge on any atom is -0.504 e. The molecule has 0 amide bonds. The van der Waals surface area contributed by atoms with Gasteiger partial charge in [0.1, 0.15) is 0 Å². The summed E-state index contributed by atoms with van der Waals surface area (Å²) in [4.78, 5) is 0. The molecule has 0 spiro atoms. The number of nitriles is 1. The number of allylic oxidation sites excluding steroid dienone is 1. The molecule has 0 aliphatic heterocycles. The molecule has 2 aromatic rings. The maximum Gasteiger partial charge on any atom is 0.158 e. The molecule has 2 rings (SSSR count). The van der Waals surface area contributed by atoms with Gasteiger partial charge in [0.15, 0.2) is 11.5 Å². The molecule has 2 aromatic carbocycles. The fourth-order valence-electron chi connectivity index (χ4n) is 1.63. The summed E-state index contributed by atoms with van der Waals surface area (Å²) in [5.41, 5.74) is 1.69. The van der Waals surface area contributed by atoms with E-state index in [0.29, 0.717) is 16.2 Å². The predicted molar refractivity (Wildman–Crippen MR) is 74.7 cm³/mol. The van der Waals surface area contributed by atoms with Gasteiger partial charge in [0.05, 0.1) is 11.6 Å². The lowest BCUT2D eigenvalue weighted by Crippen LogP contribution is -1.82. The van der Waals surface area contributed by atoms with Gasteiger partial charge in [0.25, 0.3) is 0 Å². The molecule has 94 valence electrons. The number of aromatic hydroxyl groups is 2. The van der Waals surface area contributed by atoms with Crippen molar-refractivity contribution in [1.82, 2.24) is 0 Å². The second kappa shape index (κ2) is 5.47. The van der Waals surface area contributed by atoms with Crippen LogP contribution in [0.4, 0.5) is 0 Å². The van der Waals surface area contributed by atoms with E-state index in [1.165, 1.54) is 12.1 Å². The van der Waals surface area contributed by atoms with Crippen LogP contribution in [0.25, 0.3) is 11.6 Å². The first-order valence-corrected chi connectivity index (χ1v) is 5.87. The number of nitrogens with zero attached hydrogens (tertiary/aromatic N) is 1. The van der Waals surface area contributed by atoms with Crippen LogP contribution in [0.2, 0.25) is 5.02 Å². The third-order valence-corrected chi connectivity index (χ3v) is 2.80. The van der Waals surface area contributed by atoms with Gasteiger partial charge in [-0.25, -0.2) is 0 Å². The van der Waals surface area contributed by atoms with Crippen LogP contribution in [0.3, 0.4) is 0 Å². The summed E-state index contributed by atoms with van der Waals surface area (Å²) in [6.45, 7) is 0. The molecule has 0 radical (unpaired) electrons. The first-order chi connectivity index (χ1) is 9.10. The van der Waals surface area contributed by atoms with E-state index < -0.39 is 0 Å². The second-order valence-corrected chi connectivity index (χ2v) is 4.36.